The molecule has 11 heteroatoms. The fraction of sp³-hybridized carbons (Fsp3) is 0.423. The average Bonchev–Trinajstić information content (AvgIpc) is 3.15. The summed E-state index contributed by atoms with van der Waals surface area (Å²) < 4.78 is 37.6. The van der Waals surface area contributed by atoms with E-state index in [1.54, 1.807) is 19.2 Å². The number of nitrogens with one attached hydrogen (secondary N) is 1. The Kier molecular flexibility index (Phi) is 6.89. The molecule has 1 aromatic carbocycles. The van der Waals surface area contributed by atoms with Crippen molar-refractivity contribution in [3.8, 4) is 11.5 Å². The van der Waals surface area contributed by atoms with E-state index in [1.165, 1.54) is 11.3 Å². The van der Waals surface area contributed by atoms with Gasteiger partial charge in [0.15, 0.2) is 5.13 Å². The highest BCUT2D eigenvalue weighted by Crippen LogP contribution is 2.48. The summed E-state index contributed by atoms with van der Waals surface area (Å²) in [4.78, 5) is 23.7. The van der Waals surface area contributed by atoms with Gasteiger partial charge in [-0.1, -0.05) is 23.5 Å². The van der Waals surface area contributed by atoms with Crippen LogP contribution in [0.4, 0.5) is 19.7 Å². The molecular weight excluding hydrogens is 500 g/mol. The molecule has 1 saturated heterocycles. The number of thiazole rings is 1. The predicted octanol–water partition coefficient (Wildman–Crippen LogP) is 4.61. The highest BCUT2D eigenvalue weighted by Gasteiger charge is 2.57. The Labute approximate surface area is 217 Å². The van der Waals surface area contributed by atoms with Gasteiger partial charge < -0.3 is 25.4 Å². The molecule has 196 valence electrons. The third-order valence-electron chi connectivity index (χ3n) is 6.65. The van der Waals surface area contributed by atoms with Crippen molar-refractivity contribution in [1.29, 1.82) is 0 Å². The van der Waals surface area contributed by atoms with Crippen molar-refractivity contribution in [2.45, 2.75) is 44.8 Å². The highest BCUT2D eigenvalue weighted by atomic mass is 32.1. The predicted molar refractivity (Wildman–Crippen MR) is 138 cm³/mol. The molecular formula is C26H29F2N5O3S. The third-order valence-corrected chi connectivity index (χ3v) is 7.63. The summed E-state index contributed by atoms with van der Waals surface area (Å²) in [7, 11) is 0. The number of benzene rings is 1. The van der Waals surface area contributed by atoms with Crippen molar-refractivity contribution >= 4 is 28.2 Å². The molecule has 3 heterocycles. The van der Waals surface area contributed by atoms with Gasteiger partial charge in [0.2, 0.25) is 0 Å². The quantitative estimate of drug-likeness (QED) is 0.417. The Balaban J connectivity index is 1.10. The Morgan fingerprint density at radius 3 is 2.62 bits per heavy atom. The number of anilines is 2. The number of hydrogen-bond acceptors (Lipinski definition) is 8. The van der Waals surface area contributed by atoms with Crippen molar-refractivity contribution in [2.24, 2.45) is 5.92 Å². The van der Waals surface area contributed by atoms with Crippen LogP contribution in [0, 0.1) is 12.8 Å². The molecule has 2 aromatic heterocycles. The molecule has 8 nitrogen and oxygen atoms in total. The zero-order chi connectivity index (χ0) is 26.2. The van der Waals surface area contributed by atoms with Gasteiger partial charge in [0, 0.05) is 19.4 Å². The fourth-order valence-corrected chi connectivity index (χ4v) is 5.06. The highest BCUT2D eigenvalue weighted by molar-refractivity contribution is 7.17. The van der Waals surface area contributed by atoms with Crippen molar-refractivity contribution in [1.82, 2.24) is 15.3 Å². The molecule has 2 unspecified atom stereocenters. The number of ether oxygens (including phenoxy) is 2. The number of aromatic nitrogens is 2. The number of carbonyl (C=O) groups is 1. The number of nitrogen functional groups attached to an aromatic ring is 1. The maximum Gasteiger partial charge on any atom is 0.263 e. The van der Waals surface area contributed by atoms with Crippen LogP contribution in [0.25, 0.3) is 0 Å². The van der Waals surface area contributed by atoms with Crippen LogP contribution < -0.4 is 25.4 Å². The van der Waals surface area contributed by atoms with Crippen LogP contribution in [0.2, 0.25) is 0 Å². The molecule has 1 aliphatic carbocycles. The van der Waals surface area contributed by atoms with Crippen LogP contribution >= 0.6 is 11.3 Å². The molecule has 5 rings (SSSR count). The van der Waals surface area contributed by atoms with Crippen LogP contribution in [-0.2, 0) is 0 Å². The van der Waals surface area contributed by atoms with Gasteiger partial charge in [-0.25, -0.2) is 18.7 Å². The molecule has 0 radical (unpaired) electrons. The van der Waals surface area contributed by atoms with Gasteiger partial charge in [-0.15, -0.1) is 0 Å². The topological polar surface area (TPSA) is 103 Å². The van der Waals surface area contributed by atoms with Crippen molar-refractivity contribution in [3.05, 3.63) is 58.7 Å². The molecule has 3 N–H and O–H groups in total. The summed E-state index contributed by atoms with van der Waals surface area (Å²) in [6.07, 6.45) is 2.34. The van der Waals surface area contributed by atoms with Crippen molar-refractivity contribution in [2.75, 3.05) is 30.3 Å². The molecule has 1 saturated carbocycles. The van der Waals surface area contributed by atoms with Crippen LogP contribution in [0.5, 0.6) is 11.5 Å². The second-order valence-corrected chi connectivity index (χ2v) is 10.6. The number of nitrogens with two attached hydrogens (primary N) is 1. The van der Waals surface area contributed by atoms with E-state index < -0.39 is 11.8 Å². The van der Waals surface area contributed by atoms with Gasteiger partial charge >= 0.3 is 0 Å². The lowest BCUT2D eigenvalue weighted by Crippen LogP contribution is -2.26. The number of halogens is 2. The van der Waals surface area contributed by atoms with E-state index in [2.05, 4.69) is 20.2 Å². The number of pyridine rings is 1. The van der Waals surface area contributed by atoms with Crippen molar-refractivity contribution < 1.29 is 23.0 Å². The van der Waals surface area contributed by atoms with E-state index in [1.807, 2.05) is 37.3 Å². The lowest BCUT2D eigenvalue weighted by molar-refractivity contribution is 0.0855. The van der Waals surface area contributed by atoms with E-state index in [0.29, 0.717) is 28.0 Å². The molecule has 2 aliphatic rings. The largest absolute Gasteiger partial charge is 0.491 e. The zero-order valence-electron chi connectivity index (χ0n) is 20.6. The standard InChI is InChI=1S/C26H29F2N5O3S/c1-15(31-24(34)23-16(2)32-25(29)37-23)17-3-5-19(6-4-17)36-21-9-10-33(13-21)22-8-7-20(12-30-22)35-14-18-11-26(18,27)28/h3-8,12,15,18,21H,9-11,13-14H2,1-2H3,(H2,29,32)(H,31,34)/t15-,18?,21?/m0/s1. The minimum atomic E-state index is -2.58. The second-order valence-electron chi connectivity index (χ2n) is 9.53. The Bertz CT molecular complexity index is 1250. The van der Waals surface area contributed by atoms with E-state index >= 15 is 0 Å². The molecule has 37 heavy (non-hydrogen) atoms. The van der Waals surface area contributed by atoms with Gasteiger partial charge in [-0.2, -0.15) is 0 Å². The third kappa shape index (κ3) is 5.93. The Hall–Kier alpha value is -3.47. The number of hydrogen-bond donors (Lipinski definition) is 2. The van der Waals surface area contributed by atoms with Gasteiger partial charge in [-0.05, 0) is 43.7 Å². The number of amides is 1. The van der Waals surface area contributed by atoms with Crippen LogP contribution in [0.15, 0.2) is 42.6 Å². The number of nitrogens with zero attached hydrogens (tertiary/aromatic N) is 3. The molecule has 0 spiro atoms. The van der Waals surface area contributed by atoms with Crippen LogP contribution in [-0.4, -0.2) is 47.6 Å². The summed E-state index contributed by atoms with van der Waals surface area (Å²) in [6.45, 7) is 5.19. The average molecular weight is 530 g/mol. The fourth-order valence-electron chi connectivity index (χ4n) is 4.33. The summed E-state index contributed by atoms with van der Waals surface area (Å²) in [6, 6.07) is 11.1. The van der Waals surface area contributed by atoms with Crippen LogP contribution in [0.1, 0.15) is 46.7 Å². The molecule has 1 amide bonds. The first-order chi connectivity index (χ1) is 17.7. The summed E-state index contributed by atoms with van der Waals surface area (Å²) in [5, 5.41) is 3.36. The molecule has 1 aliphatic heterocycles. The monoisotopic (exact) mass is 529 g/mol. The van der Waals surface area contributed by atoms with E-state index in [4.69, 9.17) is 15.2 Å². The van der Waals surface area contributed by atoms with Gasteiger partial charge in [0.1, 0.15) is 28.3 Å². The number of carbonyl (C=O) groups excluding carboxylic acids is 1. The second kappa shape index (κ2) is 10.1. The lowest BCUT2D eigenvalue weighted by atomic mass is 10.1. The summed E-state index contributed by atoms with van der Waals surface area (Å²) in [5.41, 5.74) is 7.29. The summed E-state index contributed by atoms with van der Waals surface area (Å²) >= 11 is 1.18. The zero-order valence-corrected chi connectivity index (χ0v) is 21.4. The Morgan fingerprint density at radius 1 is 1.27 bits per heavy atom. The van der Waals surface area contributed by atoms with Gasteiger partial charge in [-0.3, -0.25) is 4.79 Å². The molecule has 3 aromatic rings. The van der Waals surface area contributed by atoms with E-state index in [0.717, 1.165) is 30.1 Å². The normalized spacial score (nSPS) is 20.9. The van der Waals surface area contributed by atoms with E-state index in [-0.39, 0.29) is 31.1 Å². The number of rotatable bonds is 9. The summed E-state index contributed by atoms with van der Waals surface area (Å²) in [5.74, 6) is -1.41. The first kappa shape index (κ1) is 25.2. The SMILES string of the molecule is Cc1nc(N)sc1C(=O)N[C@@H](C)c1ccc(OC2CCN(c3ccc(OCC4CC4(F)F)cn3)C2)cc1. The number of aryl methyl sites for hydroxylation is 1. The maximum atomic E-state index is 13.0. The maximum absolute atomic E-state index is 13.0. The first-order valence-corrected chi connectivity index (χ1v) is 13.0. The van der Waals surface area contributed by atoms with Gasteiger partial charge in [0.25, 0.3) is 11.8 Å². The molecule has 3 atom stereocenters. The molecule has 2 fully saturated rings. The Morgan fingerprint density at radius 2 is 2.00 bits per heavy atom. The van der Waals surface area contributed by atoms with Crippen molar-refractivity contribution in [3.63, 3.8) is 0 Å². The first-order valence-electron chi connectivity index (χ1n) is 12.2. The van der Waals surface area contributed by atoms with E-state index in [9.17, 15) is 13.6 Å². The minimum absolute atomic E-state index is 0.0116. The minimum Gasteiger partial charge on any atom is -0.491 e. The number of alkyl halides is 2. The van der Waals surface area contributed by atoms with Crippen LogP contribution in [0.3, 0.4) is 0 Å². The van der Waals surface area contributed by atoms with Gasteiger partial charge in [0.05, 0.1) is 37.0 Å². The lowest BCUT2D eigenvalue weighted by Gasteiger charge is -2.19. The molecule has 0 bridgehead atoms. The smallest absolute Gasteiger partial charge is 0.263 e.